The Balaban J connectivity index is 2.09. The zero-order chi connectivity index (χ0) is 14.4. The number of carbonyl (C=O) groups excluding carboxylic acids is 1. The number of aliphatic hydroxyl groups excluding tert-OH is 1. The molecule has 1 atom stereocenters. The van der Waals surface area contributed by atoms with E-state index in [1.165, 1.54) is 12.5 Å². The number of nitrogens with one attached hydrogen (secondary N) is 1. The number of hydrogen-bond donors (Lipinski definition) is 2. The summed E-state index contributed by atoms with van der Waals surface area (Å²) in [7, 11) is 0. The molecule has 4 nitrogen and oxygen atoms in total. The minimum atomic E-state index is -0.182. The molecule has 1 heterocycles. The molecule has 0 aliphatic rings. The smallest absolute Gasteiger partial charge is 0.255 e. The van der Waals surface area contributed by atoms with E-state index in [0.717, 1.165) is 11.1 Å². The molecule has 0 saturated carbocycles. The van der Waals surface area contributed by atoms with Crippen molar-refractivity contribution in [2.45, 2.75) is 13.0 Å². The van der Waals surface area contributed by atoms with Crippen LogP contribution in [0, 0.1) is 11.8 Å². The molecule has 0 saturated heterocycles. The maximum absolute atomic E-state index is 11.9. The largest absolute Gasteiger partial charge is 0.472 e. The van der Waals surface area contributed by atoms with E-state index in [-0.39, 0.29) is 18.6 Å². The molecule has 0 aliphatic carbocycles. The number of hydrogen-bond acceptors (Lipinski definition) is 3. The van der Waals surface area contributed by atoms with Gasteiger partial charge in [0.15, 0.2) is 0 Å². The molecule has 1 aromatic heterocycles. The molecule has 20 heavy (non-hydrogen) atoms. The number of carbonyl (C=O) groups is 1. The van der Waals surface area contributed by atoms with Crippen LogP contribution in [0.25, 0.3) is 0 Å². The molecule has 2 N–H and O–H groups in total. The van der Waals surface area contributed by atoms with Gasteiger partial charge >= 0.3 is 0 Å². The van der Waals surface area contributed by atoms with E-state index < -0.39 is 0 Å². The standard InChI is InChI=1S/C16H15NO3/c1-12(17-16(19)15-7-9-20-11-15)14-6-2-4-13(10-14)5-3-8-18/h2,4,6-7,9-12,18H,8H2,1H3,(H,17,19). The molecule has 1 amide bonds. The zero-order valence-electron chi connectivity index (χ0n) is 11.1. The van der Waals surface area contributed by atoms with Crippen LogP contribution in [0.3, 0.4) is 0 Å². The lowest BCUT2D eigenvalue weighted by molar-refractivity contribution is 0.0939. The van der Waals surface area contributed by atoms with Gasteiger partial charge < -0.3 is 14.8 Å². The van der Waals surface area contributed by atoms with E-state index in [2.05, 4.69) is 17.2 Å². The molecule has 0 aliphatic heterocycles. The predicted molar refractivity (Wildman–Crippen MR) is 75.0 cm³/mol. The summed E-state index contributed by atoms with van der Waals surface area (Å²) < 4.78 is 4.88. The van der Waals surface area contributed by atoms with Crippen LogP contribution >= 0.6 is 0 Å². The van der Waals surface area contributed by atoms with Crippen molar-refractivity contribution in [2.24, 2.45) is 0 Å². The Morgan fingerprint density at radius 3 is 3.00 bits per heavy atom. The fraction of sp³-hybridized carbons (Fsp3) is 0.188. The molecule has 0 radical (unpaired) electrons. The van der Waals surface area contributed by atoms with Gasteiger partial charge in [-0.1, -0.05) is 24.0 Å². The second-order valence-corrected chi connectivity index (χ2v) is 4.29. The highest BCUT2D eigenvalue weighted by Crippen LogP contribution is 2.14. The third kappa shape index (κ3) is 3.50. The van der Waals surface area contributed by atoms with Crippen molar-refractivity contribution in [3.63, 3.8) is 0 Å². The van der Waals surface area contributed by atoms with E-state index in [0.29, 0.717) is 5.56 Å². The molecular formula is C16H15NO3. The van der Waals surface area contributed by atoms with E-state index >= 15 is 0 Å². The number of rotatable bonds is 3. The van der Waals surface area contributed by atoms with Gasteiger partial charge in [0.2, 0.25) is 0 Å². The van der Waals surface area contributed by atoms with Gasteiger partial charge in [0, 0.05) is 5.56 Å². The molecule has 1 aromatic carbocycles. The van der Waals surface area contributed by atoms with Crippen molar-refractivity contribution >= 4 is 5.91 Å². The van der Waals surface area contributed by atoms with E-state index in [1.54, 1.807) is 6.07 Å². The fourth-order valence-electron chi connectivity index (χ4n) is 1.78. The molecule has 4 heteroatoms. The molecular weight excluding hydrogens is 254 g/mol. The Labute approximate surface area is 117 Å². The van der Waals surface area contributed by atoms with Gasteiger partial charge in [-0.05, 0) is 30.7 Å². The molecule has 0 bridgehead atoms. The third-order valence-corrected chi connectivity index (χ3v) is 2.83. The summed E-state index contributed by atoms with van der Waals surface area (Å²) in [6, 6.07) is 9.01. The zero-order valence-corrected chi connectivity index (χ0v) is 11.1. The first-order valence-corrected chi connectivity index (χ1v) is 6.23. The van der Waals surface area contributed by atoms with Crippen molar-refractivity contribution in [3.05, 3.63) is 59.5 Å². The van der Waals surface area contributed by atoms with Gasteiger partial charge in [0.05, 0.1) is 17.9 Å². The van der Waals surface area contributed by atoms with Crippen LogP contribution in [-0.2, 0) is 0 Å². The average Bonchev–Trinajstić information content (AvgIpc) is 2.99. The van der Waals surface area contributed by atoms with Crippen LogP contribution in [-0.4, -0.2) is 17.6 Å². The Morgan fingerprint density at radius 2 is 2.30 bits per heavy atom. The molecule has 0 spiro atoms. The van der Waals surface area contributed by atoms with Crippen molar-refractivity contribution in [2.75, 3.05) is 6.61 Å². The van der Waals surface area contributed by atoms with E-state index in [1.807, 2.05) is 31.2 Å². The lowest BCUT2D eigenvalue weighted by Crippen LogP contribution is -2.26. The third-order valence-electron chi connectivity index (χ3n) is 2.83. The highest BCUT2D eigenvalue weighted by Gasteiger charge is 2.12. The van der Waals surface area contributed by atoms with Crippen molar-refractivity contribution in [3.8, 4) is 11.8 Å². The van der Waals surface area contributed by atoms with Crippen LogP contribution in [0.2, 0.25) is 0 Å². The summed E-state index contributed by atoms with van der Waals surface area (Å²) in [5, 5.41) is 11.6. The molecule has 2 aromatic rings. The monoisotopic (exact) mass is 269 g/mol. The maximum Gasteiger partial charge on any atom is 0.255 e. The van der Waals surface area contributed by atoms with Crippen LogP contribution in [0.5, 0.6) is 0 Å². The number of benzene rings is 1. The summed E-state index contributed by atoms with van der Waals surface area (Å²) in [5.41, 5.74) is 2.25. The lowest BCUT2D eigenvalue weighted by Gasteiger charge is -2.14. The summed E-state index contributed by atoms with van der Waals surface area (Å²) in [4.78, 5) is 11.9. The second kappa shape index (κ2) is 6.60. The average molecular weight is 269 g/mol. The van der Waals surface area contributed by atoms with Crippen LogP contribution in [0.1, 0.15) is 34.5 Å². The molecule has 1 unspecified atom stereocenters. The Morgan fingerprint density at radius 1 is 1.45 bits per heavy atom. The minimum absolute atomic E-state index is 0.145. The normalized spacial score (nSPS) is 11.3. The summed E-state index contributed by atoms with van der Waals surface area (Å²) in [5.74, 6) is 5.26. The predicted octanol–water partition coefficient (Wildman–Crippen LogP) is 2.11. The first-order valence-electron chi connectivity index (χ1n) is 6.23. The van der Waals surface area contributed by atoms with Crippen LogP contribution < -0.4 is 5.32 Å². The SMILES string of the molecule is CC(NC(=O)c1ccoc1)c1cccc(C#CCO)c1. The molecule has 102 valence electrons. The van der Waals surface area contributed by atoms with Crippen LogP contribution in [0.15, 0.2) is 47.3 Å². The fourth-order valence-corrected chi connectivity index (χ4v) is 1.78. The summed E-state index contributed by atoms with van der Waals surface area (Å²) >= 11 is 0. The van der Waals surface area contributed by atoms with Crippen LogP contribution in [0.4, 0.5) is 0 Å². The highest BCUT2D eigenvalue weighted by molar-refractivity contribution is 5.94. The quantitative estimate of drug-likeness (QED) is 0.839. The lowest BCUT2D eigenvalue weighted by atomic mass is 10.0. The van der Waals surface area contributed by atoms with Gasteiger partial charge in [-0.3, -0.25) is 4.79 Å². The van der Waals surface area contributed by atoms with Gasteiger partial charge in [-0.15, -0.1) is 0 Å². The minimum Gasteiger partial charge on any atom is -0.472 e. The van der Waals surface area contributed by atoms with Crippen molar-refractivity contribution in [1.82, 2.24) is 5.32 Å². The first-order chi connectivity index (χ1) is 9.70. The number of aliphatic hydroxyl groups is 1. The van der Waals surface area contributed by atoms with Crippen molar-refractivity contribution in [1.29, 1.82) is 0 Å². The second-order valence-electron chi connectivity index (χ2n) is 4.29. The Hall–Kier alpha value is -2.51. The number of amides is 1. The molecule has 0 fully saturated rings. The Kier molecular flexibility index (Phi) is 4.59. The van der Waals surface area contributed by atoms with E-state index in [9.17, 15) is 4.79 Å². The van der Waals surface area contributed by atoms with Gasteiger partial charge in [-0.25, -0.2) is 0 Å². The van der Waals surface area contributed by atoms with E-state index in [4.69, 9.17) is 9.52 Å². The first kappa shape index (κ1) is 13.9. The van der Waals surface area contributed by atoms with Crippen molar-refractivity contribution < 1.29 is 14.3 Å². The summed E-state index contributed by atoms with van der Waals surface area (Å²) in [6.07, 6.45) is 2.87. The summed E-state index contributed by atoms with van der Waals surface area (Å²) in [6.45, 7) is 1.73. The molecule has 2 rings (SSSR count). The maximum atomic E-state index is 11.9. The number of furan rings is 1. The van der Waals surface area contributed by atoms with Gasteiger partial charge in [-0.2, -0.15) is 0 Å². The van der Waals surface area contributed by atoms with Gasteiger partial charge in [0.1, 0.15) is 12.9 Å². The topological polar surface area (TPSA) is 62.5 Å². The Bertz CT molecular complexity index is 635. The highest BCUT2D eigenvalue weighted by atomic mass is 16.3. The van der Waals surface area contributed by atoms with Gasteiger partial charge in [0.25, 0.3) is 5.91 Å².